The van der Waals surface area contributed by atoms with Gasteiger partial charge in [-0.05, 0) is 69.7 Å². The Labute approximate surface area is 182 Å². The predicted octanol–water partition coefficient (Wildman–Crippen LogP) is 4.18. The average Bonchev–Trinajstić information content (AvgIpc) is 2.78. The van der Waals surface area contributed by atoms with Crippen molar-refractivity contribution in [2.75, 3.05) is 13.2 Å². The molecule has 164 valence electrons. The summed E-state index contributed by atoms with van der Waals surface area (Å²) in [7, 11) is 0. The first kappa shape index (κ1) is 22.5. The SMILES string of the molecule is CCOC(=O)C1CCC(CNC(=O)c2cccnc2Oc2cccc(C(C)=O)c2)CC1. The van der Waals surface area contributed by atoms with Crippen LogP contribution in [0.5, 0.6) is 11.6 Å². The van der Waals surface area contributed by atoms with E-state index in [0.29, 0.717) is 35.9 Å². The van der Waals surface area contributed by atoms with Crippen molar-refractivity contribution in [3.05, 3.63) is 53.7 Å². The third-order valence-electron chi connectivity index (χ3n) is 5.49. The van der Waals surface area contributed by atoms with Crippen LogP contribution < -0.4 is 10.1 Å². The van der Waals surface area contributed by atoms with Crippen LogP contribution in [0.2, 0.25) is 0 Å². The van der Waals surface area contributed by atoms with Crippen LogP contribution in [0.3, 0.4) is 0 Å². The topological polar surface area (TPSA) is 94.6 Å². The van der Waals surface area contributed by atoms with Crippen LogP contribution in [0.1, 0.15) is 60.2 Å². The number of hydrogen-bond donors (Lipinski definition) is 1. The van der Waals surface area contributed by atoms with Crippen molar-refractivity contribution in [1.82, 2.24) is 10.3 Å². The van der Waals surface area contributed by atoms with Gasteiger partial charge in [-0.25, -0.2) is 4.98 Å². The summed E-state index contributed by atoms with van der Waals surface area (Å²) in [5, 5.41) is 2.96. The summed E-state index contributed by atoms with van der Waals surface area (Å²) in [4.78, 5) is 40.4. The number of carbonyl (C=O) groups is 3. The molecule has 0 radical (unpaired) electrons. The van der Waals surface area contributed by atoms with E-state index in [1.54, 1.807) is 42.6 Å². The van der Waals surface area contributed by atoms with Gasteiger partial charge >= 0.3 is 5.97 Å². The molecule has 1 amide bonds. The molecular weight excluding hydrogens is 396 g/mol. The number of carbonyl (C=O) groups excluding carboxylic acids is 3. The van der Waals surface area contributed by atoms with E-state index in [4.69, 9.17) is 9.47 Å². The normalized spacial score (nSPS) is 18.1. The molecule has 0 saturated heterocycles. The molecule has 1 heterocycles. The van der Waals surface area contributed by atoms with E-state index in [1.165, 1.54) is 6.92 Å². The average molecular weight is 424 g/mol. The molecule has 7 heteroatoms. The largest absolute Gasteiger partial charge is 0.466 e. The Morgan fingerprint density at radius 3 is 2.58 bits per heavy atom. The van der Waals surface area contributed by atoms with Gasteiger partial charge in [-0.1, -0.05) is 12.1 Å². The Morgan fingerprint density at radius 2 is 1.87 bits per heavy atom. The van der Waals surface area contributed by atoms with Gasteiger partial charge in [0.2, 0.25) is 5.88 Å². The van der Waals surface area contributed by atoms with Crippen LogP contribution in [0.15, 0.2) is 42.6 Å². The smallest absolute Gasteiger partial charge is 0.308 e. The van der Waals surface area contributed by atoms with Gasteiger partial charge in [0, 0.05) is 18.3 Å². The zero-order chi connectivity index (χ0) is 22.2. The third-order valence-corrected chi connectivity index (χ3v) is 5.49. The molecule has 0 unspecified atom stereocenters. The number of nitrogens with one attached hydrogen (secondary N) is 1. The van der Waals surface area contributed by atoms with E-state index in [2.05, 4.69) is 10.3 Å². The van der Waals surface area contributed by atoms with Crippen molar-refractivity contribution in [2.45, 2.75) is 39.5 Å². The maximum absolute atomic E-state index is 12.8. The number of pyridine rings is 1. The molecule has 1 saturated carbocycles. The Balaban J connectivity index is 1.58. The number of ether oxygens (including phenoxy) is 2. The predicted molar refractivity (Wildman–Crippen MR) is 115 cm³/mol. The van der Waals surface area contributed by atoms with Crippen molar-refractivity contribution in [2.24, 2.45) is 11.8 Å². The summed E-state index contributed by atoms with van der Waals surface area (Å²) in [5.74, 6) is 0.472. The molecule has 31 heavy (non-hydrogen) atoms. The van der Waals surface area contributed by atoms with Gasteiger partial charge in [-0.2, -0.15) is 0 Å². The highest BCUT2D eigenvalue weighted by Crippen LogP contribution is 2.29. The van der Waals surface area contributed by atoms with Gasteiger partial charge in [-0.15, -0.1) is 0 Å². The summed E-state index contributed by atoms with van der Waals surface area (Å²) < 4.78 is 10.9. The highest BCUT2D eigenvalue weighted by Gasteiger charge is 2.27. The summed E-state index contributed by atoms with van der Waals surface area (Å²) in [6.07, 6.45) is 4.87. The van der Waals surface area contributed by atoms with Crippen LogP contribution in [0.25, 0.3) is 0 Å². The summed E-state index contributed by atoms with van der Waals surface area (Å²) in [5.41, 5.74) is 0.855. The molecule has 1 N–H and O–H groups in total. The Hall–Kier alpha value is -3.22. The minimum Gasteiger partial charge on any atom is -0.466 e. The first-order valence-electron chi connectivity index (χ1n) is 10.7. The lowest BCUT2D eigenvalue weighted by atomic mass is 9.82. The number of rotatable bonds is 8. The van der Waals surface area contributed by atoms with E-state index < -0.39 is 0 Å². The maximum Gasteiger partial charge on any atom is 0.308 e. The first-order valence-corrected chi connectivity index (χ1v) is 10.7. The van der Waals surface area contributed by atoms with Crippen molar-refractivity contribution in [3.63, 3.8) is 0 Å². The lowest BCUT2D eigenvalue weighted by Crippen LogP contribution is -2.33. The van der Waals surface area contributed by atoms with Gasteiger partial charge in [0.15, 0.2) is 5.78 Å². The van der Waals surface area contributed by atoms with E-state index >= 15 is 0 Å². The second kappa shape index (κ2) is 10.7. The molecule has 1 aromatic carbocycles. The van der Waals surface area contributed by atoms with Gasteiger partial charge < -0.3 is 14.8 Å². The van der Waals surface area contributed by atoms with Crippen molar-refractivity contribution < 1.29 is 23.9 Å². The fourth-order valence-corrected chi connectivity index (χ4v) is 3.73. The number of hydrogen-bond acceptors (Lipinski definition) is 6. The molecule has 3 rings (SSSR count). The fourth-order valence-electron chi connectivity index (χ4n) is 3.73. The number of nitrogens with zero attached hydrogens (tertiary/aromatic N) is 1. The van der Waals surface area contributed by atoms with Crippen molar-refractivity contribution in [3.8, 4) is 11.6 Å². The number of Topliss-reactive ketones (excluding diaryl/α,β-unsaturated/α-hetero) is 1. The molecule has 0 bridgehead atoms. The monoisotopic (exact) mass is 424 g/mol. The molecule has 1 aromatic heterocycles. The minimum absolute atomic E-state index is 0.0315. The summed E-state index contributed by atoms with van der Waals surface area (Å²) in [6.45, 7) is 4.24. The molecular formula is C24H28N2O5. The number of benzene rings is 1. The number of aromatic nitrogens is 1. The quantitative estimate of drug-likeness (QED) is 0.505. The molecule has 0 aliphatic heterocycles. The molecule has 0 spiro atoms. The van der Waals surface area contributed by atoms with Gasteiger partial charge in [0.25, 0.3) is 5.91 Å². The molecule has 2 aromatic rings. The molecule has 1 fully saturated rings. The number of amides is 1. The fraction of sp³-hybridized carbons (Fsp3) is 0.417. The Bertz CT molecular complexity index is 935. The van der Waals surface area contributed by atoms with Gasteiger partial charge in [0.05, 0.1) is 12.5 Å². The zero-order valence-electron chi connectivity index (χ0n) is 17.9. The van der Waals surface area contributed by atoms with Gasteiger partial charge in [-0.3, -0.25) is 14.4 Å². The van der Waals surface area contributed by atoms with Crippen LogP contribution in [0.4, 0.5) is 0 Å². The van der Waals surface area contributed by atoms with Crippen LogP contribution in [-0.2, 0) is 9.53 Å². The standard InChI is InChI=1S/C24H28N2O5/c1-3-30-24(29)18-11-9-17(10-12-18)15-26-22(28)21-8-5-13-25-23(21)31-20-7-4-6-19(14-20)16(2)27/h4-8,13-14,17-18H,3,9-12,15H2,1-2H3,(H,26,28). The van der Waals surface area contributed by atoms with E-state index in [9.17, 15) is 14.4 Å². The van der Waals surface area contributed by atoms with E-state index in [0.717, 1.165) is 25.7 Å². The van der Waals surface area contributed by atoms with Crippen LogP contribution in [0, 0.1) is 11.8 Å². The Morgan fingerprint density at radius 1 is 1.10 bits per heavy atom. The first-order chi connectivity index (χ1) is 15.0. The van der Waals surface area contributed by atoms with E-state index in [1.807, 2.05) is 6.92 Å². The Kier molecular flexibility index (Phi) is 7.76. The van der Waals surface area contributed by atoms with Gasteiger partial charge in [0.1, 0.15) is 11.3 Å². The van der Waals surface area contributed by atoms with Crippen molar-refractivity contribution in [1.29, 1.82) is 0 Å². The third kappa shape index (κ3) is 6.13. The second-order valence-corrected chi connectivity index (χ2v) is 7.72. The lowest BCUT2D eigenvalue weighted by molar-refractivity contribution is -0.149. The molecule has 1 aliphatic carbocycles. The second-order valence-electron chi connectivity index (χ2n) is 7.72. The highest BCUT2D eigenvalue weighted by atomic mass is 16.5. The lowest BCUT2D eigenvalue weighted by Gasteiger charge is -2.27. The molecule has 0 atom stereocenters. The highest BCUT2D eigenvalue weighted by molar-refractivity contribution is 5.96. The number of esters is 1. The zero-order valence-corrected chi connectivity index (χ0v) is 17.9. The summed E-state index contributed by atoms with van der Waals surface area (Å²) in [6, 6.07) is 10.1. The maximum atomic E-state index is 12.8. The van der Waals surface area contributed by atoms with E-state index in [-0.39, 0.29) is 29.5 Å². The van der Waals surface area contributed by atoms with Crippen molar-refractivity contribution >= 4 is 17.7 Å². The van der Waals surface area contributed by atoms with Crippen LogP contribution >= 0.6 is 0 Å². The minimum atomic E-state index is -0.265. The molecule has 7 nitrogen and oxygen atoms in total. The molecule has 1 aliphatic rings. The van der Waals surface area contributed by atoms with Crippen LogP contribution in [-0.4, -0.2) is 35.8 Å². The number of ketones is 1. The summed E-state index contributed by atoms with van der Waals surface area (Å²) >= 11 is 0.